The molecule has 0 saturated heterocycles. The highest BCUT2D eigenvalue weighted by atomic mass is 16.1. The molecule has 1 aliphatic rings. The Morgan fingerprint density at radius 2 is 1.75 bits per heavy atom. The molecule has 16 heavy (non-hydrogen) atoms. The molecule has 0 aromatic rings. The van der Waals surface area contributed by atoms with Crippen molar-refractivity contribution < 1.29 is 4.79 Å². The van der Waals surface area contributed by atoms with E-state index in [0.29, 0.717) is 12.5 Å². The van der Waals surface area contributed by atoms with Crippen LogP contribution in [0, 0.1) is 0 Å². The molecule has 2 N–H and O–H groups in total. The minimum absolute atomic E-state index is 0.152. The molecule has 0 aromatic carbocycles. The number of carbonyl (C=O) groups excluding carboxylic acids is 1. The van der Waals surface area contributed by atoms with Crippen LogP contribution < -0.4 is 10.6 Å². The average molecular weight is 226 g/mol. The molecule has 0 unspecified atom stereocenters. The van der Waals surface area contributed by atoms with Crippen molar-refractivity contribution >= 4 is 5.91 Å². The van der Waals surface area contributed by atoms with E-state index in [-0.39, 0.29) is 5.91 Å². The highest BCUT2D eigenvalue weighted by Crippen LogP contribution is 2.16. The van der Waals surface area contributed by atoms with Crippen LogP contribution >= 0.6 is 0 Å². The van der Waals surface area contributed by atoms with Crippen molar-refractivity contribution in [2.45, 2.75) is 63.8 Å². The summed E-state index contributed by atoms with van der Waals surface area (Å²) in [5.41, 5.74) is 0. The molecule has 0 aromatic heterocycles. The topological polar surface area (TPSA) is 41.1 Å². The van der Waals surface area contributed by atoms with Gasteiger partial charge in [-0.25, -0.2) is 0 Å². The molecule has 94 valence electrons. The molecule has 0 radical (unpaired) electrons. The number of carbonyl (C=O) groups is 1. The van der Waals surface area contributed by atoms with Crippen molar-refractivity contribution in [2.75, 3.05) is 13.6 Å². The number of amides is 1. The lowest BCUT2D eigenvalue weighted by atomic mass is 9.97. The SMILES string of the molecule is CNC(=O)CCCNC1CCCCCCC1. The summed E-state index contributed by atoms with van der Waals surface area (Å²) in [4.78, 5) is 11.0. The van der Waals surface area contributed by atoms with Crippen LogP contribution in [0.5, 0.6) is 0 Å². The van der Waals surface area contributed by atoms with E-state index < -0.39 is 0 Å². The molecule has 0 aliphatic heterocycles. The van der Waals surface area contributed by atoms with E-state index in [2.05, 4.69) is 10.6 Å². The van der Waals surface area contributed by atoms with Gasteiger partial charge in [0, 0.05) is 19.5 Å². The third-order valence-electron chi connectivity index (χ3n) is 3.40. The van der Waals surface area contributed by atoms with Gasteiger partial charge in [-0.15, -0.1) is 0 Å². The Kier molecular flexibility index (Phi) is 7.23. The molecule has 1 amide bonds. The Morgan fingerprint density at radius 3 is 2.38 bits per heavy atom. The quantitative estimate of drug-likeness (QED) is 0.706. The molecule has 0 spiro atoms. The summed E-state index contributed by atoms with van der Waals surface area (Å²) in [5, 5.41) is 6.24. The predicted octanol–water partition coefficient (Wildman–Crippen LogP) is 2.22. The van der Waals surface area contributed by atoms with Crippen LogP contribution in [0.25, 0.3) is 0 Å². The summed E-state index contributed by atoms with van der Waals surface area (Å²) in [5.74, 6) is 0.152. The molecule has 1 saturated carbocycles. The molecule has 0 bridgehead atoms. The predicted molar refractivity (Wildman–Crippen MR) is 67.4 cm³/mol. The van der Waals surface area contributed by atoms with E-state index in [1.807, 2.05) is 0 Å². The summed E-state index contributed by atoms with van der Waals surface area (Å²) in [6.07, 6.45) is 11.2. The van der Waals surface area contributed by atoms with Gasteiger partial charge in [-0.1, -0.05) is 32.1 Å². The van der Waals surface area contributed by atoms with Gasteiger partial charge in [0.2, 0.25) is 5.91 Å². The molecule has 3 nitrogen and oxygen atoms in total. The summed E-state index contributed by atoms with van der Waals surface area (Å²) >= 11 is 0. The molecule has 1 aliphatic carbocycles. The number of hydrogen-bond donors (Lipinski definition) is 2. The number of nitrogens with one attached hydrogen (secondary N) is 2. The van der Waals surface area contributed by atoms with Crippen LogP contribution in [0.15, 0.2) is 0 Å². The largest absolute Gasteiger partial charge is 0.359 e. The molecule has 0 atom stereocenters. The fraction of sp³-hybridized carbons (Fsp3) is 0.923. The zero-order valence-corrected chi connectivity index (χ0v) is 10.6. The first-order chi connectivity index (χ1) is 7.83. The van der Waals surface area contributed by atoms with Crippen molar-refractivity contribution in [3.63, 3.8) is 0 Å². The Morgan fingerprint density at radius 1 is 1.12 bits per heavy atom. The van der Waals surface area contributed by atoms with Crippen molar-refractivity contribution in [3.8, 4) is 0 Å². The summed E-state index contributed by atoms with van der Waals surface area (Å²) in [6.45, 7) is 0.984. The summed E-state index contributed by atoms with van der Waals surface area (Å²) in [6, 6.07) is 0.699. The second-order valence-corrected chi connectivity index (χ2v) is 4.77. The Bertz CT molecular complexity index is 186. The van der Waals surface area contributed by atoms with E-state index in [0.717, 1.165) is 13.0 Å². The van der Waals surface area contributed by atoms with Gasteiger partial charge in [0.25, 0.3) is 0 Å². The van der Waals surface area contributed by atoms with E-state index >= 15 is 0 Å². The summed E-state index contributed by atoms with van der Waals surface area (Å²) in [7, 11) is 1.70. The zero-order valence-electron chi connectivity index (χ0n) is 10.6. The van der Waals surface area contributed by atoms with E-state index in [4.69, 9.17) is 0 Å². The lowest BCUT2D eigenvalue weighted by Crippen LogP contribution is -2.31. The van der Waals surface area contributed by atoms with Crippen LogP contribution in [-0.2, 0) is 4.79 Å². The van der Waals surface area contributed by atoms with Crippen LogP contribution in [0.1, 0.15) is 57.8 Å². The van der Waals surface area contributed by atoms with Gasteiger partial charge in [-0.3, -0.25) is 4.79 Å². The van der Waals surface area contributed by atoms with Gasteiger partial charge in [-0.2, -0.15) is 0 Å². The average Bonchev–Trinajstić information content (AvgIpc) is 2.26. The van der Waals surface area contributed by atoms with Gasteiger partial charge in [-0.05, 0) is 25.8 Å². The lowest BCUT2D eigenvalue weighted by molar-refractivity contribution is -0.120. The third-order valence-corrected chi connectivity index (χ3v) is 3.40. The standard InChI is InChI=1S/C13H26N2O/c1-14-13(16)10-7-11-15-12-8-5-3-2-4-6-9-12/h12,15H,2-11H2,1H3,(H,14,16). The van der Waals surface area contributed by atoms with E-state index in [9.17, 15) is 4.79 Å². The van der Waals surface area contributed by atoms with Crippen LogP contribution in [0.3, 0.4) is 0 Å². The number of hydrogen-bond acceptors (Lipinski definition) is 2. The minimum atomic E-state index is 0.152. The molecule has 3 heteroatoms. The first-order valence-corrected chi connectivity index (χ1v) is 6.77. The third kappa shape index (κ3) is 6.11. The van der Waals surface area contributed by atoms with Crippen molar-refractivity contribution in [3.05, 3.63) is 0 Å². The molecule has 0 heterocycles. The summed E-state index contributed by atoms with van der Waals surface area (Å²) < 4.78 is 0. The Balaban J connectivity index is 2.03. The van der Waals surface area contributed by atoms with Crippen LogP contribution in [0.2, 0.25) is 0 Å². The monoisotopic (exact) mass is 226 g/mol. The van der Waals surface area contributed by atoms with Crippen LogP contribution in [0.4, 0.5) is 0 Å². The molecule has 1 fully saturated rings. The van der Waals surface area contributed by atoms with Gasteiger partial charge >= 0.3 is 0 Å². The normalized spacial score (nSPS) is 18.8. The van der Waals surface area contributed by atoms with Gasteiger partial charge in [0.05, 0.1) is 0 Å². The first kappa shape index (κ1) is 13.5. The Labute approximate surface area is 99.4 Å². The first-order valence-electron chi connectivity index (χ1n) is 6.77. The van der Waals surface area contributed by atoms with Crippen molar-refractivity contribution in [1.29, 1.82) is 0 Å². The maximum atomic E-state index is 11.0. The molecule has 1 rings (SSSR count). The van der Waals surface area contributed by atoms with E-state index in [1.54, 1.807) is 7.05 Å². The second-order valence-electron chi connectivity index (χ2n) is 4.77. The van der Waals surface area contributed by atoms with Crippen molar-refractivity contribution in [2.24, 2.45) is 0 Å². The fourth-order valence-electron chi connectivity index (χ4n) is 2.34. The van der Waals surface area contributed by atoms with Gasteiger partial charge in [0.15, 0.2) is 0 Å². The van der Waals surface area contributed by atoms with Crippen molar-refractivity contribution in [1.82, 2.24) is 10.6 Å². The highest BCUT2D eigenvalue weighted by molar-refractivity contribution is 5.75. The van der Waals surface area contributed by atoms with Gasteiger partial charge < -0.3 is 10.6 Å². The highest BCUT2D eigenvalue weighted by Gasteiger charge is 2.10. The molecular weight excluding hydrogens is 200 g/mol. The minimum Gasteiger partial charge on any atom is -0.359 e. The lowest BCUT2D eigenvalue weighted by Gasteiger charge is -2.20. The maximum Gasteiger partial charge on any atom is 0.219 e. The smallest absolute Gasteiger partial charge is 0.219 e. The Hall–Kier alpha value is -0.570. The maximum absolute atomic E-state index is 11.0. The van der Waals surface area contributed by atoms with Gasteiger partial charge in [0.1, 0.15) is 0 Å². The van der Waals surface area contributed by atoms with Crippen LogP contribution in [-0.4, -0.2) is 25.5 Å². The van der Waals surface area contributed by atoms with E-state index in [1.165, 1.54) is 44.9 Å². The fourth-order valence-corrected chi connectivity index (χ4v) is 2.34. The second kappa shape index (κ2) is 8.57. The zero-order chi connectivity index (χ0) is 11.6. The number of rotatable bonds is 5. The molecular formula is C13H26N2O.